The molecule has 0 atom stereocenters. The first-order chi connectivity index (χ1) is 7.86. The van der Waals surface area contributed by atoms with Crippen LogP contribution < -0.4 is 0 Å². The van der Waals surface area contributed by atoms with Gasteiger partial charge in [-0.2, -0.15) is 0 Å². The summed E-state index contributed by atoms with van der Waals surface area (Å²) >= 11 is 1.81. The molecule has 90 valence electrons. The third-order valence-corrected chi connectivity index (χ3v) is 3.72. The summed E-state index contributed by atoms with van der Waals surface area (Å²) in [6, 6.07) is 9.02. The second kappa shape index (κ2) is 8.69. The molecule has 16 heavy (non-hydrogen) atoms. The van der Waals surface area contributed by atoms with E-state index in [1.54, 1.807) is 0 Å². The van der Waals surface area contributed by atoms with Crippen molar-refractivity contribution >= 4 is 11.8 Å². The van der Waals surface area contributed by atoms with Gasteiger partial charge >= 0.3 is 0 Å². The molecule has 0 aliphatic heterocycles. The fraction of sp³-hybridized carbons (Fsp3) is 0.600. The first-order valence-electron chi connectivity index (χ1n) is 6.49. The summed E-state index contributed by atoms with van der Waals surface area (Å²) in [5, 5.41) is 0. The van der Waals surface area contributed by atoms with E-state index in [1.165, 1.54) is 55.4 Å². The maximum atomic E-state index is 2.28. The molecule has 0 radical (unpaired) electrons. The number of hydrogen-bond acceptors (Lipinski definition) is 1. The van der Waals surface area contributed by atoms with E-state index in [1.807, 2.05) is 11.8 Å². The van der Waals surface area contributed by atoms with Crippen molar-refractivity contribution in [3.8, 4) is 0 Å². The molecule has 0 aliphatic carbocycles. The van der Waals surface area contributed by atoms with E-state index in [9.17, 15) is 0 Å². The predicted octanol–water partition coefficient (Wildman–Crippen LogP) is 5.31. The first kappa shape index (κ1) is 13.6. The van der Waals surface area contributed by atoms with Crippen LogP contribution in [-0.2, 0) is 6.42 Å². The molecule has 0 heterocycles. The van der Waals surface area contributed by atoms with E-state index in [2.05, 4.69) is 37.4 Å². The van der Waals surface area contributed by atoms with Gasteiger partial charge in [-0.3, -0.25) is 0 Å². The number of rotatable bonds is 8. The van der Waals surface area contributed by atoms with Crippen molar-refractivity contribution in [2.75, 3.05) is 6.26 Å². The van der Waals surface area contributed by atoms with E-state index in [4.69, 9.17) is 0 Å². The van der Waals surface area contributed by atoms with Gasteiger partial charge in [0, 0.05) is 4.90 Å². The molecule has 1 heteroatoms. The Bertz CT molecular complexity index is 263. The quantitative estimate of drug-likeness (QED) is 0.435. The maximum absolute atomic E-state index is 2.28. The van der Waals surface area contributed by atoms with Crippen LogP contribution in [0.4, 0.5) is 0 Å². The lowest BCUT2D eigenvalue weighted by molar-refractivity contribution is 0.607. The van der Waals surface area contributed by atoms with Gasteiger partial charge in [0.25, 0.3) is 0 Å². The minimum absolute atomic E-state index is 1.25. The summed E-state index contributed by atoms with van der Waals surface area (Å²) in [5.41, 5.74) is 1.49. The highest BCUT2D eigenvalue weighted by molar-refractivity contribution is 7.98. The molecule has 0 saturated carbocycles. The van der Waals surface area contributed by atoms with Crippen LogP contribution in [0, 0.1) is 0 Å². The van der Waals surface area contributed by atoms with Crippen molar-refractivity contribution < 1.29 is 0 Å². The number of benzene rings is 1. The van der Waals surface area contributed by atoms with Crippen LogP contribution in [0.3, 0.4) is 0 Å². The van der Waals surface area contributed by atoms with Crippen LogP contribution in [0.5, 0.6) is 0 Å². The van der Waals surface area contributed by atoms with E-state index in [-0.39, 0.29) is 0 Å². The Morgan fingerprint density at radius 2 is 1.50 bits per heavy atom. The maximum Gasteiger partial charge on any atom is 0.00693 e. The van der Waals surface area contributed by atoms with Crippen molar-refractivity contribution in [1.82, 2.24) is 0 Å². The highest BCUT2D eigenvalue weighted by Crippen LogP contribution is 2.16. The van der Waals surface area contributed by atoms with Gasteiger partial charge < -0.3 is 0 Å². The highest BCUT2D eigenvalue weighted by Gasteiger charge is 1.95. The third-order valence-electron chi connectivity index (χ3n) is 2.98. The molecule has 0 aliphatic rings. The van der Waals surface area contributed by atoms with Crippen molar-refractivity contribution in [2.45, 2.75) is 56.8 Å². The second-order valence-electron chi connectivity index (χ2n) is 4.37. The summed E-state index contributed by atoms with van der Waals surface area (Å²) in [7, 11) is 0. The van der Waals surface area contributed by atoms with Crippen LogP contribution in [0.2, 0.25) is 0 Å². The smallest absolute Gasteiger partial charge is 0.00693 e. The zero-order chi connectivity index (χ0) is 11.6. The van der Waals surface area contributed by atoms with Crippen molar-refractivity contribution in [3.05, 3.63) is 29.8 Å². The summed E-state index contributed by atoms with van der Waals surface area (Å²) in [6.45, 7) is 2.27. The van der Waals surface area contributed by atoms with Gasteiger partial charge in [-0.15, -0.1) is 11.8 Å². The van der Waals surface area contributed by atoms with Gasteiger partial charge in [-0.05, 0) is 36.8 Å². The lowest BCUT2D eigenvalue weighted by Gasteiger charge is -2.03. The SMILES string of the molecule is CCCCCCCCc1ccc(SC)cc1. The molecule has 0 aromatic heterocycles. The summed E-state index contributed by atoms with van der Waals surface area (Å²) in [5.74, 6) is 0. The lowest BCUT2D eigenvalue weighted by atomic mass is 10.1. The molecule has 0 spiro atoms. The van der Waals surface area contributed by atoms with Gasteiger partial charge in [0.05, 0.1) is 0 Å². The average molecular weight is 236 g/mol. The molecule has 1 rings (SSSR count). The molecule has 1 aromatic rings. The van der Waals surface area contributed by atoms with Gasteiger partial charge in [-0.25, -0.2) is 0 Å². The van der Waals surface area contributed by atoms with Crippen LogP contribution in [0.1, 0.15) is 51.0 Å². The largest absolute Gasteiger partial charge is 0.130 e. The van der Waals surface area contributed by atoms with Crippen LogP contribution in [-0.4, -0.2) is 6.26 Å². The molecular formula is C15H24S. The third kappa shape index (κ3) is 5.60. The second-order valence-corrected chi connectivity index (χ2v) is 5.25. The minimum atomic E-state index is 1.25. The summed E-state index contributed by atoms with van der Waals surface area (Å²) in [6.07, 6.45) is 11.7. The summed E-state index contributed by atoms with van der Waals surface area (Å²) in [4.78, 5) is 1.37. The molecular weight excluding hydrogens is 212 g/mol. The monoisotopic (exact) mass is 236 g/mol. The fourth-order valence-electron chi connectivity index (χ4n) is 1.90. The standard InChI is InChI=1S/C15H24S/c1-3-4-5-6-7-8-9-14-10-12-15(16-2)13-11-14/h10-13H,3-9H2,1-2H3. The Morgan fingerprint density at radius 3 is 2.12 bits per heavy atom. The lowest BCUT2D eigenvalue weighted by Crippen LogP contribution is -1.86. The number of hydrogen-bond donors (Lipinski definition) is 0. The average Bonchev–Trinajstić information content (AvgIpc) is 2.34. The van der Waals surface area contributed by atoms with Crippen LogP contribution >= 0.6 is 11.8 Å². The van der Waals surface area contributed by atoms with E-state index in [0.717, 1.165) is 0 Å². The number of aryl methyl sites for hydroxylation is 1. The normalized spacial score (nSPS) is 10.6. The molecule has 0 amide bonds. The number of thioether (sulfide) groups is 1. The zero-order valence-electron chi connectivity index (χ0n) is 10.7. The van der Waals surface area contributed by atoms with Gasteiger partial charge in [0.1, 0.15) is 0 Å². The topological polar surface area (TPSA) is 0 Å². The molecule has 0 bridgehead atoms. The Morgan fingerprint density at radius 1 is 0.875 bits per heavy atom. The Balaban J connectivity index is 2.12. The van der Waals surface area contributed by atoms with Gasteiger partial charge in [0.2, 0.25) is 0 Å². The zero-order valence-corrected chi connectivity index (χ0v) is 11.5. The molecule has 0 unspecified atom stereocenters. The van der Waals surface area contributed by atoms with E-state index >= 15 is 0 Å². The van der Waals surface area contributed by atoms with Gasteiger partial charge in [0.15, 0.2) is 0 Å². The molecule has 0 fully saturated rings. The Kier molecular flexibility index (Phi) is 7.41. The van der Waals surface area contributed by atoms with E-state index < -0.39 is 0 Å². The van der Waals surface area contributed by atoms with E-state index in [0.29, 0.717) is 0 Å². The van der Waals surface area contributed by atoms with Crippen molar-refractivity contribution in [1.29, 1.82) is 0 Å². The first-order valence-corrected chi connectivity index (χ1v) is 7.72. The van der Waals surface area contributed by atoms with Crippen molar-refractivity contribution in [3.63, 3.8) is 0 Å². The summed E-state index contributed by atoms with van der Waals surface area (Å²) < 4.78 is 0. The van der Waals surface area contributed by atoms with Crippen molar-refractivity contribution in [2.24, 2.45) is 0 Å². The number of unbranched alkanes of at least 4 members (excludes halogenated alkanes) is 5. The molecule has 0 saturated heterocycles. The van der Waals surface area contributed by atoms with Crippen LogP contribution in [0.25, 0.3) is 0 Å². The molecule has 0 N–H and O–H groups in total. The molecule has 1 aromatic carbocycles. The Hall–Kier alpha value is -0.430. The predicted molar refractivity (Wildman–Crippen MR) is 75.3 cm³/mol. The fourth-order valence-corrected chi connectivity index (χ4v) is 2.31. The highest BCUT2D eigenvalue weighted by atomic mass is 32.2. The minimum Gasteiger partial charge on any atom is -0.130 e. The van der Waals surface area contributed by atoms with Gasteiger partial charge in [-0.1, -0.05) is 51.2 Å². The van der Waals surface area contributed by atoms with Crippen LogP contribution in [0.15, 0.2) is 29.2 Å². The Labute approximate surface area is 105 Å². The molecule has 0 nitrogen and oxygen atoms in total.